The van der Waals surface area contributed by atoms with Crippen LogP contribution in [0.1, 0.15) is 12.5 Å². The van der Waals surface area contributed by atoms with Crippen LogP contribution in [0.25, 0.3) is 0 Å². The molecule has 0 saturated carbocycles. The van der Waals surface area contributed by atoms with E-state index in [9.17, 15) is 8.42 Å². The van der Waals surface area contributed by atoms with Crippen molar-refractivity contribution in [3.05, 3.63) is 59.1 Å². The lowest BCUT2D eigenvalue weighted by Gasteiger charge is -2.18. The van der Waals surface area contributed by atoms with Crippen LogP contribution in [-0.2, 0) is 16.6 Å². The predicted molar refractivity (Wildman–Crippen MR) is 128 cm³/mol. The summed E-state index contributed by atoms with van der Waals surface area (Å²) in [6.07, 6.45) is -0.0937. The van der Waals surface area contributed by atoms with Crippen molar-refractivity contribution in [1.29, 1.82) is 0 Å². The van der Waals surface area contributed by atoms with Crippen molar-refractivity contribution in [3.8, 4) is 5.75 Å². The Kier molecular flexibility index (Phi) is 10.7. The number of ether oxygens (including phenoxy) is 1. The fraction of sp³-hybridized carbons (Fsp3) is 0.316. The summed E-state index contributed by atoms with van der Waals surface area (Å²) in [5.41, 5.74) is 0.824. The number of aliphatic imine (C=N–C) groups is 1. The summed E-state index contributed by atoms with van der Waals surface area (Å²) in [6.45, 7) is 2.91. The summed E-state index contributed by atoms with van der Waals surface area (Å²) in [5, 5.41) is 7.01. The van der Waals surface area contributed by atoms with E-state index >= 15 is 0 Å². The molecule has 2 aromatic carbocycles. The van der Waals surface area contributed by atoms with E-state index in [1.165, 1.54) is 7.05 Å². The molecule has 0 fully saturated rings. The minimum absolute atomic E-state index is 0. The molecule has 10 heteroatoms. The zero-order chi connectivity index (χ0) is 20.6. The Labute approximate surface area is 194 Å². The van der Waals surface area contributed by atoms with Crippen LogP contribution >= 0.6 is 35.6 Å². The Bertz CT molecular complexity index is 908. The van der Waals surface area contributed by atoms with Crippen molar-refractivity contribution in [2.24, 2.45) is 4.99 Å². The summed E-state index contributed by atoms with van der Waals surface area (Å²) in [6, 6.07) is 13.9. The third-order valence-electron chi connectivity index (χ3n) is 3.87. The van der Waals surface area contributed by atoms with Crippen LogP contribution in [0.2, 0.25) is 5.02 Å². The van der Waals surface area contributed by atoms with Crippen LogP contribution in [0.3, 0.4) is 0 Å². The van der Waals surface area contributed by atoms with Gasteiger partial charge in [0.05, 0.1) is 11.4 Å². The van der Waals surface area contributed by atoms with E-state index in [0.717, 1.165) is 11.3 Å². The van der Waals surface area contributed by atoms with Gasteiger partial charge in [-0.25, -0.2) is 13.1 Å². The summed E-state index contributed by atoms with van der Waals surface area (Å²) >= 11 is 5.87. The highest BCUT2D eigenvalue weighted by Gasteiger charge is 2.11. The molecule has 0 spiro atoms. The Morgan fingerprint density at radius 2 is 1.86 bits per heavy atom. The van der Waals surface area contributed by atoms with Crippen LogP contribution in [0, 0.1) is 0 Å². The van der Waals surface area contributed by atoms with Crippen LogP contribution in [-0.4, -0.2) is 41.1 Å². The molecule has 0 radical (unpaired) electrons. The van der Waals surface area contributed by atoms with Gasteiger partial charge in [-0.15, -0.1) is 24.0 Å². The summed E-state index contributed by atoms with van der Waals surface area (Å²) in [7, 11) is -0.410. The van der Waals surface area contributed by atoms with Gasteiger partial charge in [-0.2, -0.15) is 0 Å². The topological polar surface area (TPSA) is 91.8 Å². The van der Waals surface area contributed by atoms with Crippen LogP contribution in [0.5, 0.6) is 5.75 Å². The summed E-state index contributed by atoms with van der Waals surface area (Å²) in [5.74, 6) is 1.33. The average molecular weight is 553 g/mol. The molecule has 0 aliphatic rings. The molecule has 0 heterocycles. The molecule has 0 aromatic heterocycles. The van der Waals surface area contributed by atoms with E-state index in [2.05, 4.69) is 20.3 Å². The van der Waals surface area contributed by atoms with E-state index in [1.54, 1.807) is 37.4 Å². The maximum Gasteiger partial charge on any atom is 0.240 e. The molecule has 3 N–H and O–H groups in total. The van der Waals surface area contributed by atoms with Crippen LogP contribution in [0.4, 0.5) is 0 Å². The molecule has 0 bridgehead atoms. The van der Waals surface area contributed by atoms with E-state index in [-0.39, 0.29) is 35.0 Å². The van der Waals surface area contributed by atoms with Gasteiger partial charge in [0, 0.05) is 18.6 Å². The number of sulfonamides is 1. The third-order valence-corrected chi connectivity index (χ3v) is 5.53. The van der Waals surface area contributed by atoms with E-state index < -0.39 is 10.0 Å². The monoisotopic (exact) mass is 552 g/mol. The minimum Gasteiger partial charge on any atom is -0.489 e. The van der Waals surface area contributed by atoms with E-state index in [4.69, 9.17) is 16.3 Å². The molecule has 1 unspecified atom stereocenters. The quantitative estimate of drug-likeness (QED) is 0.266. The average Bonchev–Trinajstić information content (AvgIpc) is 2.70. The Balaban J connectivity index is 0.00000420. The Morgan fingerprint density at radius 3 is 2.48 bits per heavy atom. The molecule has 0 saturated heterocycles. The van der Waals surface area contributed by atoms with Gasteiger partial charge >= 0.3 is 0 Å². The predicted octanol–water partition coefficient (Wildman–Crippen LogP) is 3.00. The number of nitrogens with zero attached hydrogens (tertiary/aromatic N) is 1. The van der Waals surface area contributed by atoms with Crippen LogP contribution in [0.15, 0.2) is 58.4 Å². The first-order chi connectivity index (χ1) is 13.3. The maximum absolute atomic E-state index is 11.9. The van der Waals surface area contributed by atoms with Crippen molar-refractivity contribution in [2.75, 3.05) is 20.6 Å². The molecular formula is C19H26ClIN4O3S. The SMILES string of the molecule is CN=C(NCc1cccc(S(=O)(=O)NC)c1)NCC(C)Oc1ccc(Cl)cc1.I. The molecule has 2 rings (SSSR count). The first-order valence-corrected chi connectivity index (χ1v) is 10.6. The third kappa shape index (κ3) is 8.37. The lowest BCUT2D eigenvalue weighted by molar-refractivity contribution is 0.224. The van der Waals surface area contributed by atoms with Gasteiger partial charge in [0.2, 0.25) is 10.0 Å². The lowest BCUT2D eigenvalue weighted by Crippen LogP contribution is -2.41. The van der Waals surface area contributed by atoms with Gasteiger partial charge in [0.15, 0.2) is 5.96 Å². The molecule has 7 nitrogen and oxygen atoms in total. The van der Waals surface area contributed by atoms with Crippen molar-refractivity contribution < 1.29 is 13.2 Å². The maximum atomic E-state index is 11.9. The molecule has 2 aromatic rings. The van der Waals surface area contributed by atoms with Crippen molar-refractivity contribution >= 4 is 51.6 Å². The number of hydrogen-bond acceptors (Lipinski definition) is 4. The molecule has 0 amide bonds. The van der Waals surface area contributed by atoms with Gasteiger partial charge in [-0.05, 0) is 55.9 Å². The fourth-order valence-corrected chi connectivity index (χ4v) is 3.30. The normalized spacial score (nSPS) is 12.6. The van der Waals surface area contributed by atoms with E-state index in [1.807, 2.05) is 25.1 Å². The fourth-order valence-electron chi connectivity index (χ4n) is 2.37. The Hall–Kier alpha value is -1.56. The molecule has 29 heavy (non-hydrogen) atoms. The van der Waals surface area contributed by atoms with Crippen molar-refractivity contribution in [3.63, 3.8) is 0 Å². The number of guanidine groups is 1. The number of rotatable bonds is 8. The minimum atomic E-state index is -3.47. The smallest absolute Gasteiger partial charge is 0.240 e. The highest BCUT2D eigenvalue weighted by molar-refractivity contribution is 14.0. The highest BCUT2D eigenvalue weighted by atomic mass is 127. The summed E-state index contributed by atoms with van der Waals surface area (Å²) in [4.78, 5) is 4.40. The van der Waals surface area contributed by atoms with Crippen molar-refractivity contribution in [2.45, 2.75) is 24.5 Å². The largest absolute Gasteiger partial charge is 0.489 e. The van der Waals surface area contributed by atoms with Gasteiger partial charge in [-0.3, -0.25) is 4.99 Å². The first-order valence-electron chi connectivity index (χ1n) is 8.73. The molecule has 160 valence electrons. The molecule has 1 atom stereocenters. The summed E-state index contributed by atoms with van der Waals surface area (Å²) < 4.78 is 31.9. The second kappa shape index (κ2) is 12.2. The zero-order valence-electron chi connectivity index (χ0n) is 16.5. The van der Waals surface area contributed by atoms with Crippen LogP contribution < -0.4 is 20.1 Å². The second-order valence-electron chi connectivity index (χ2n) is 6.04. The lowest BCUT2D eigenvalue weighted by atomic mass is 10.2. The number of benzene rings is 2. The van der Waals surface area contributed by atoms with Gasteiger partial charge < -0.3 is 15.4 Å². The van der Waals surface area contributed by atoms with Gasteiger partial charge in [-0.1, -0.05) is 23.7 Å². The van der Waals surface area contributed by atoms with E-state index in [0.29, 0.717) is 24.1 Å². The Morgan fingerprint density at radius 1 is 1.17 bits per heavy atom. The number of halogens is 2. The molecule has 0 aliphatic carbocycles. The van der Waals surface area contributed by atoms with Crippen molar-refractivity contribution in [1.82, 2.24) is 15.4 Å². The first kappa shape index (κ1) is 25.5. The molecular weight excluding hydrogens is 527 g/mol. The second-order valence-corrected chi connectivity index (χ2v) is 8.37. The molecule has 0 aliphatic heterocycles. The van der Waals surface area contributed by atoms with Gasteiger partial charge in [0.25, 0.3) is 0 Å². The standard InChI is InChI=1S/C19H25ClN4O3S.HI/c1-14(27-17-9-7-16(20)8-10-17)12-23-19(21-2)24-13-15-5-4-6-18(11-15)28(25,26)22-3;/h4-11,14,22H,12-13H2,1-3H3,(H2,21,23,24);1H. The van der Waals surface area contributed by atoms with Gasteiger partial charge in [0.1, 0.15) is 11.9 Å². The zero-order valence-corrected chi connectivity index (χ0v) is 20.4. The number of hydrogen-bond donors (Lipinski definition) is 3. The number of nitrogens with one attached hydrogen (secondary N) is 3. The highest BCUT2D eigenvalue weighted by Crippen LogP contribution is 2.16.